The van der Waals surface area contributed by atoms with Crippen molar-refractivity contribution in [3.8, 4) is 0 Å². The highest BCUT2D eigenvalue weighted by Crippen LogP contribution is 2.34. The number of carbonyl (C=O) groups is 1. The lowest BCUT2D eigenvalue weighted by atomic mass is 10.1. The maximum Gasteiger partial charge on any atom is 0.251 e. The monoisotopic (exact) mass is 436 g/mol. The van der Waals surface area contributed by atoms with Crippen molar-refractivity contribution in [1.82, 2.24) is 15.3 Å². The third-order valence-corrected chi connectivity index (χ3v) is 6.06. The summed E-state index contributed by atoms with van der Waals surface area (Å²) in [6.07, 6.45) is 4.27. The molecule has 0 saturated carbocycles. The van der Waals surface area contributed by atoms with Gasteiger partial charge >= 0.3 is 0 Å². The van der Waals surface area contributed by atoms with Gasteiger partial charge in [0, 0.05) is 34.9 Å². The molecule has 0 atom stereocenters. The molecule has 5 aromatic rings. The summed E-state index contributed by atoms with van der Waals surface area (Å²) in [5.41, 5.74) is 6.04. The Bertz CT molecular complexity index is 1390. The standard InChI is InChI=1S/C28H28N4O/c33-28(20-12-4-3-5-13-20)30-19-11-2-1-10-18-29-25-21-14-6-8-16-23(21)31-26-22-15-7-9-17-24(22)32-27(25)26/h3-9,12-17,32H,1-2,10-11,18-19H2,(H,29,31)(H,30,33). The van der Waals surface area contributed by atoms with Crippen LogP contribution in [0.4, 0.5) is 5.69 Å². The third kappa shape index (κ3) is 4.53. The zero-order valence-electron chi connectivity index (χ0n) is 18.6. The second-order valence-corrected chi connectivity index (χ2v) is 8.36. The number of benzene rings is 3. The Balaban J connectivity index is 1.17. The summed E-state index contributed by atoms with van der Waals surface area (Å²) in [5, 5.41) is 8.98. The molecule has 3 aromatic carbocycles. The average molecular weight is 437 g/mol. The fraction of sp³-hybridized carbons (Fsp3) is 0.214. The quantitative estimate of drug-likeness (QED) is 0.238. The summed E-state index contributed by atoms with van der Waals surface area (Å²) >= 11 is 0. The number of fused-ring (bicyclic) bond motifs is 4. The lowest BCUT2D eigenvalue weighted by Gasteiger charge is -2.11. The number of anilines is 1. The van der Waals surface area contributed by atoms with Crippen molar-refractivity contribution >= 4 is 44.4 Å². The molecule has 5 heteroatoms. The molecule has 5 rings (SSSR count). The van der Waals surface area contributed by atoms with E-state index in [0.29, 0.717) is 6.54 Å². The van der Waals surface area contributed by atoms with Gasteiger partial charge in [-0.1, -0.05) is 67.4 Å². The highest BCUT2D eigenvalue weighted by molar-refractivity contribution is 6.15. The molecule has 0 unspecified atom stereocenters. The molecule has 3 N–H and O–H groups in total. The molecule has 0 saturated heterocycles. The number of hydrogen-bond acceptors (Lipinski definition) is 3. The van der Waals surface area contributed by atoms with Crippen molar-refractivity contribution in [1.29, 1.82) is 0 Å². The second-order valence-electron chi connectivity index (χ2n) is 8.36. The summed E-state index contributed by atoms with van der Waals surface area (Å²) in [6, 6.07) is 26.0. The highest BCUT2D eigenvalue weighted by atomic mass is 16.1. The number of hydrogen-bond donors (Lipinski definition) is 3. The van der Waals surface area contributed by atoms with Gasteiger partial charge in [-0.25, -0.2) is 4.98 Å². The number of rotatable bonds is 9. The van der Waals surface area contributed by atoms with Crippen molar-refractivity contribution in [3.63, 3.8) is 0 Å². The number of amides is 1. The van der Waals surface area contributed by atoms with Crippen LogP contribution in [0.25, 0.3) is 32.8 Å². The molecule has 5 nitrogen and oxygen atoms in total. The van der Waals surface area contributed by atoms with Gasteiger partial charge < -0.3 is 15.6 Å². The van der Waals surface area contributed by atoms with E-state index in [-0.39, 0.29) is 5.91 Å². The first kappa shape index (κ1) is 21.0. The van der Waals surface area contributed by atoms with Gasteiger partial charge in [-0.3, -0.25) is 4.79 Å². The van der Waals surface area contributed by atoms with Crippen molar-refractivity contribution in [2.75, 3.05) is 18.4 Å². The summed E-state index contributed by atoms with van der Waals surface area (Å²) < 4.78 is 0. The maximum atomic E-state index is 12.1. The molecule has 0 fully saturated rings. The summed E-state index contributed by atoms with van der Waals surface area (Å²) in [4.78, 5) is 20.6. The van der Waals surface area contributed by atoms with Crippen LogP contribution in [-0.2, 0) is 0 Å². The van der Waals surface area contributed by atoms with Crippen LogP contribution in [0.5, 0.6) is 0 Å². The van der Waals surface area contributed by atoms with E-state index in [1.54, 1.807) is 0 Å². The van der Waals surface area contributed by atoms with Crippen LogP contribution in [0.3, 0.4) is 0 Å². The molecule has 2 heterocycles. The predicted octanol–water partition coefficient (Wildman–Crippen LogP) is 6.27. The molecule has 2 aromatic heterocycles. The molecule has 0 aliphatic carbocycles. The van der Waals surface area contributed by atoms with E-state index in [0.717, 1.165) is 76.3 Å². The number of H-pyrrole nitrogens is 1. The predicted molar refractivity (Wildman–Crippen MR) is 137 cm³/mol. The number of para-hydroxylation sites is 2. The maximum absolute atomic E-state index is 12.1. The average Bonchev–Trinajstić information content (AvgIpc) is 3.24. The van der Waals surface area contributed by atoms with E-state index in [9.17, 15) is 4.79 Å². The van der Waals surface area contributed by atoms with Crippen molar-refractivity contribution < 1.29 is 4.79 Å². The first-order valence-electron chi connectivity index (χ1n) is 11.7. The van der Waals surface area contributed by atoms with E-state index < -0.39 is 0 Å². The Kier molecular flexibility index (Phi) is 6.20. The lowest BCUT2D eigenvalue weighted by Crippen LogP contribution is -2.24. The van der Waals surface area contributed by atoms with Gasteiger partial charge in [0.25, 0.3) is 5.91 Å². The minimum Gasteiger partial charge on any atom is -0.383 e. The first-order valence-corrected chi connectivity index (χ1v) is 11.7. The Morgan fingerprint density at radius 1 is 0.758 bits per heavy atom. The third-order valence-electron chi connectivity index (χ3n) is 6.06. The Morgan fingerprint density at radius 3 is 2.30 bits per heavy atom. The van der Waals surface area contributed by atoms with E-state index >= 15 is 0 Å². The van der Waals surface area contributed by atoms with Crippen LogP contribution in [-0.4, -0.2) is 29.0 Å². The van der Waals surface area contributed by atoms with Crippen LogP contribution in [0.2, 0.25) is 0 Å². The van der Waals surface area contributed by atoms with E-state index in [2.05, 4.69) is 52.0 Å². The van der Waals surface area contributed by atoms with Crippen LogP contribution >= 0.6 is 0 Å². The van der Waals surface area contributed by atoms with Gasteiger partial charge in [-0.2, -0.15) is 0 Å². The molecular weight excluding hydrogens is 408 g/mol. The molecule has 1 amide bonds. The van der Waals surface area contributed by atoms with E-state index in [1.807, 2.05) is 42.5 Å². The molecule has 33 heavy (non-hydrogen) atoms. The minimum atomic E-state index is 0.00387. The minimum absolute atomic E-state index is 0.00387. The van der Waals surface area contributed by atoms with Gasteiger partial charge in [-0.05, 0) is 37.1 Å². The van der Waals surface area contributed by atoms with Crippen molar-refractivity contribution in [3.05, 3.63) is 84.4 Å². The normalized spacial score (nSPS) is 11.3. The number of nitrogens with one attached hydrogen (secondary N) is 3. The zero-order valence-corrected chi connectivity index (χ0v) is 18.6. The van der Waals surface area contributed by atoms with E-state index in [1.165, 1.54) is 0 Å². The summed E-state index contributed by atoms with van der Waals surface area (Å²) in [7, 11) is 0. The van der Waals surface area contributed by atoms with Crippen LogP contribution in [0.1, 0.15) is 36.0 Å². The van der Waals surface area contributed by atoms with Crippen LogP contribution in [0, 0.1) is 0 Å². The molecule has 0 spiro atoms. The fourth-order valence-electron chi connectivity index (χ4n) is 4.36. The molecule has 0 bridgehead atoms. The first-order chi connectivity index (χ1) is 16.3. The van der Waals surface area contributed by atoms with Gasteiger partial charge in [0.05, 0.1) is 22.2 Å². The van der Waals surface area contributed by atoms with Gasteiger partial charge in [0.2, 0.25) is 0 Å². The lowest BCUT2D eigenvalue weighted by molar-refractivity contribution is 0.0953. The van der Waals surface area contributed by atoms with Crippen molar-refractivity contribution in [2.24, 2.45) is 0 Å². The zero-order chi connectivity index (χ0) is 22.5. The number of pyridine rings is 1. The number of nitrogens with zero attached hydrogens (tertiary/aromatic N) is 1. The number of aromatic amines is 1. The largest absolute Gasteiger partial charge is 0.383 e. The van der Waals surface area contributed by atoms with Gasteiger partial charge in [-0.15, -0.1) is 0 Å². The van der Waals surface area contributed by atoms with Crippen LogP contribution in [0.15, 0.2) is 78.9 Å². The SMILES string of the molecule is O=C(NCCCCCCNc1c2ccccc2nc2c1[nH]c1ccccc12)c1ccccc1. The molecule has 0 aliphatic rings. The molecule has 0 aliphatic heterocycles. The highest BCUT2D eigenvalue weighted by Gasteiger charge is 2.13. The Hall–Kier alpha value is -3.86. The number of aromatic nitrogens is 2. The van der Waals surface area contributed by atoms with E-state index in [4.69, 9.17) is 4.98 Å². The second kappa shape index (κ2) is 9.74. The smallest absolute Gasteiger partial charge is 0.251 e. The fourth-order valence-corrected chi connectivity index (χ4v) is 4.36. The van der Waals surface area contributed by atoms with Gasteiger partial charge in [0.1, 0.15) is 0 Å². The molecule has 166 valence electrons. The van der Waals surface area contributed by atoms with Crippen LogP contribution < -0.4 is 10.6 Å². The Labute approximate surface area is 193 Å². The summed E-state index contributed by atoms with van der Waals surface area (Å²) in [6.45, 7) is 1.61. The Morgan fingerprint density at radius 2 is 1.45 bits per heavy atom. The molecular formula is C28H28N4O. The van der Waals surface area contributed by atoms with Crippen molar-refractivity contribution in [2.45, 2.75) is 25.7 Å². The number of carbonyl (C=O) groups excluding carboxylic acids is 1. The van der Waals surface area contributed by atoms with Gasteiger partial charge in [0.15, 0.2) is 0 Å². The summed E-state index contributed by atoms with van der Waals surface area (Å²) in [5.74, 6) is 0.00387. The molecule has 0 radical (unpaired) electrons. The topological polar surface area (TPSA) is 69.8 Å². The number of unbranched alkanes of at least 4 members (excludes halogenated alkanes) is 3.